The van der Waals surface area contributed by atoms with Gasteiger partial charge in [-0.05, 0) is 43.0 Å². The molecule has 3 aliphatic rings. The molecule has 26 heavy (non-hydrogen) atoms. The Labute approximate surface area is 155 Å². The van der Waals surface area contributed by atoms with Crippen LogP contribution in [0.1, 0.15) is 24.2 Å². The van der Waals surface area contributed by atoms with Crippen molar-refractivity contribution in [3.05, 3.63) is 60.1 Å². The highest BCUT2D eigenvalue weighted by molar-refractivity contribution is 5.30. The van der Waals surface area contributed by atoms with Crippen molar-refractivity contribution in [1.82, 2.24) is 9.80 Å². The fraction of sp³-hybridized carbons (Fsp3) is 0.545. The lowest BCUT2D eigenvalue weighted by molar-refractivity contribution is 0.0740. The van der Waals surface area contributed by atoms with Gasteiger partial charge in [-0.1, -0.05) is 30.3 Å². The summed E-state index contributed by atoms with van der Waals surface area (Å²) in [5.74, 6) is 1.75. The van der Waals surface area contributed by atoms with Crippen LogP contribution < -0.4 is 0 Å². The lowest BCUT2D eigenvalue weighted by Gasteiger charge is -2.45. The maximum absolute atomic E-state index is 5.66. The first kappa shape index (κ1) is 16.5. The number of hydrogen-bond donors (Lipinski definition) is 0. The third-order valence-electron chi connectivity index (χ3n) is 6.80. The standard InChI is InChI=1S/C22H28N2O2/c1-2-5-18(6-3-1)22-9-10-24(20-8-12-25-16-20)14-19(22)13-23(17-22)15-21-7-4-11-26-21/h1-7,11,19-20H,8-10,12-17H2. The quantitative estimate of drug-likeness (QED) is 0.845. The lowest BCUT2D eigenvalue weighted by atomic mass is 9.67. The van der Waals surface area contributed by atoms with Crippen LogP contribution in [0.25, 0.3) is 0 Å². The normalized spacial score (nSPS) is 32.8. The van der Waals surface area contributed by atoms with Gasteiger partial charge in [0, 0.05) is 37.7 Å². The molecule has 5 rings (SSSR count). The number of ether oxygens (including phenoxy) is 1. The number of fused-ring (bicyclic) bond motifs is 1. The summed E-state index contributed by atoms with van der Waals surface area (Å²) in [6.45, 7) is 7.44. The molecule has 3 saturated heterocycles. The minimum atomic E-state index is 0.282. The Hall–Kier alpha value is -1.62. The molecule has 1 aromatic carbocycles. The van der Waals surface area contributed by atoms with Gasteiger partial charge in [0.1, 0.15) is 5.76 Å². The first-order chi connectivity index (χ1) is 12.8. The van der Waals surface area contributed by atoms with Crippen LogP contribution in [0.4, 0.5) is 0 Å². The van der Waals surface area contributed by atoms with Gasteiger partial charge in [0.05, 0.1) is 19.4 Å². The Kier molecular flexibility index (Phi) is 4.35. The van der Waals surface area contributed by atoms with Crippen LogP contribution in [-0.2, 0) is 16.7 Å². The van der Waals surface area contributed by atoms with E-state index in [2.05, 4.69) is 46.2 Å². The molecule has 0 saturated carbocycles. The molecular formula is C22H28N2O2. The van der Waals surface area contributed by atoms with Crippen molar-refractivity contribution in [3.63, 3.8) is 0 Å². The van der Waals surface area contributed by atoms with Crippen molar-refractivity contribution < 1.29 is 9.15 Å². The summed E-state index contributed by atoms with van der Waals surface area (Å²) in [7, 11) is 0. The number of furan rings is 1. The van der Waals surface area contributed by atoms with Crippen molar-refractivity contribution in [1.29, 1.82) is 0 Å². The van der Waals surface area contributed by atoms with Crippen molar-refractivity contribution in [3.8, 4) is 0 Å². The Bertz CT molecular complexity index is 711. The zero-order valence-electron chi connectivity index (χ0n) is 15.3. The summed E-state index contributed by atoms with van der Waals surface area (Å²) in [5.41, 5.74) is 1.80. The highest BCUT2D eigenvalue weighted by atomic mass is 16.5. The van der Waals surface area contributed by atoms with E-state index in [0.717, 1.165) is 38.6 Å². The molecule has 3 unspecified atom stereocenters. The largest absolute Gasteiger partial charge is 0.468 e. The van der Waals surface area contributed by atoms with Crippen LogP contribution in [0.15, 0.2) is 53.1 Å². The summed E-state index contributed by atoms with van der Waals surface area (Å²) < 4.78 is 11.3. The van der Waals surface area contributed by atoms with Crippen LogP contribution >= 0.6 is 0 Å². The SMILES string of the molecule is c1ccc(C23CCN(C4CCOC4)CC2CN(Cc2ccco2)C3)cc1. The van der Waals surface area contributed by atoms with E-state index in [0.29, 0.717) is 12.0 Å². The predicted molar refractivity (Wildman–Crippen MR) is 101 cm³/mol. The van der Waals surface area contributed by atoms with Gasteiger partial charge in [0.15, 0.2) is 0 Å². The van der Waals surface area contributed by atoms with Crippen molar-refractivity contribution in [2.24, 2.45) is 5.92 Å². The minimum absolute atomic E-state index is 0.282. The molecule has 4 heterocycles. The zero-order chi connectivity index (χ0) is 17.4. The molecule has 3 aliphatic heterocycles. The molecule has 1 aromatic heterocycles. The molecule has 0 aliphatic carbocycles. The average Bonchev–Trinajstić information content (AvgIpc) is 3.43. The molecule has 2 aromatic rings. The molecule has 0 radical (unpaired) electrons. The smallest absolute Gasteiger partial charge is 0.117 e. The second-order valence-electron chi connectivity index (χ2n) is 8.23. The highest BCUT2D eigenvalue weighted by Gasteiger charge is 2.51. The maximum Gasteiger partial charge on any atom is 0.117 e. The average molecular weight is 352 g/mol. The maximum atomic E-state index is 5.66. The van der Waals surface area contributed by atoms with Crippen molar-refractivity contribution in [2.75, 3.05) is 39.4 Å². The number of likely N-dealkylation sites (tertiary alicyclic amines) is 2. The number of rotatable bonds is 4. The van der Waals surface area contributed by atoms with Gasteiger partial charge in [0.25, 0.3) is 0 Å². The number of benzene rings is 1. The number of piperidine rings is 1. The highest BCUT2D eigenvalue weighted by Crippen LogP contribution is 2.46. The van der Waals surface area contributed by atoms with Crippen LogP contribution in [0.2, 0.25) is 0 Å². The second kappa shape index (κ2) is 6.84. The summed E-state index contributed by atoms with van der Waals surface area (Å²) in [4.78, 5) is 5.31. The van der Waals surface area contributed by atoms with E-state index >= 15 is 0 Å². The molecule has 3 fully saturated rings. The van der Waals surface area contributed by atoms with Crippen LogP contribution in [0.5, 0.6) is 0 Å². The second-order valence-corrected chi connectivity index (χ2v) is 8.23. The molecular weight excluding hydrogens is 324 g/mol. The minimum Gasteiger partial charge on any atom is -0.468 e. The van der Waals surface area contributed by atoms with Crippen LogP contribution in [-0.4, -0.2) is 55.2 Å². The third-order valence-corrected chi connectivity index (χ3v) is 6.80. The number of hydrogen-bond acceptors (Lipinski definition) is 4. The first-order valence-electron chi connectivity index (χ1n) is 9.95. The van der Waals surface area contributed by atoms with Gasteiger partial charge in [-0.25, -0.2) is 0 Å². The summed E-state index contributed by atoms with van der Waals surface area (Å²) in [6, 6.07) is 15.9. The van der Waals surface area contributed by atoms with Gasteiger partial charge in [0.2, 0.25) is 0 Å². The Morgan fingerprint density at radius 3 is 2.77 bits per heavy atom. The van der Waals surface area contributed by atoms with Gasteiger partial charge in [-0.3, -0.25) is 9.80 Å². The molecule has 138 valence electrons. The van der Waals surface area contributed by atoms with E-state index in [-0.39, 0.29) is 5.41 Å². The monoisotopic (exact) mass is 352 g/mol. The van der Waals surface area contributed by atoms with E-state index in [4.69, 9.17) is 9.15 Å². The zero-order valence-corrected chi connectivity index (χ0v) is 15.3. The topological polar surface area (TPSA) is 28.9 Å². The molecule has 3 atom stereocenters. The Balaban J connectivity index is 1.40. The van der Waals surface area contributed by atoms with E-state index in [1.807, 2.05) is 6.07 Å². The summed E-state index contributed by atoms with van der Waals surface area (Å²) in [6.07, 6.45) is 4.22. The van der Waals surface area contributed by atoms with E-state index in [1.54, 1.807) is 6.26 Å². The van der Waals surface area contributed by atoms with Gasteiger partial charge in [-0.2, -0.15) is 0 Å². The van der Waals surface area contributed by atoms with Gasteiger partial charge in [-0.15, -0.1) is 0 Å². The van der Waals surface area contributed by atoms with Crippen LogP contribution in [0, 0.1) is 5.92 Å². The van der Waals surface area contributed by atoms with E-state index < -0.39 is 0 Å². The summed E-state index contributed by atoms with van der Waals surface area (Å²) in [5, 5.41) is 0. The van der Waals surface area contributed by atoms with Crippen LogP contribution in [0.3, 0.4) is 0 Å². The molecule has 4 nitrogen and oxygen atoms in total. The molecule has 4 heteroatoms. The van der Waals surface area contributed by atoms with E-state index in [9.17, 15) is 0 Å². The van der Waals surface area contributed by atoms with Crippen molar-refractivity contribution >= 4 is 0 Å². The molecule has 0 spiro atoms. The fourth-order valence-corrected chi connectivity index (χ4v) is 5.44. The molecule has 0 bridgehead atoms. The summed E-state index contributed by atoms with van der Waals surface area (Å²) >= 11 is 0. The Morgan fingerprint density at radius 1 is 1.08 bits per heavy atom. The Morgan fingerprint density at radius 2 is 2.00 bits per heavy atom. The molecule has 0 amide bonds. The fourth-order valence-electron chi connectivity index (χ4n) is 5.44. The third kappa shape index (κ3) is 2.90. The van der Waals surface area contributed by atoms with Gasteiger partial charge >= 0.3 is 0 Å². The lowest BCUT2D eigenvalue weighted by Crippen LogP contribution is -2.52. The number of nitrogens with zero attached hydrogens (tertiary/aromatic N) is 2. The van der Waals surface area contributed by atoms with E-state index in [1.165, 1.54) is 31.5 Å². The van der Waals surface area contributed by atoms with Crippen molar-refractivity contribution in [2.45, 2.75) is 30.8 Å². The van der Waals surface area contributed by atoms with Gasteiger partial charge < -0.3 is 9.15 Å². The first-order valence-corrected chi connectivity index (χ1v) is 9.95. The predicted octanol–water partition coefficient (Wildman–Crippen LogP) is 3.14. The molecule has 0 N–H and O–H groups in total.